The maximum absolute atomic E-state index is 12.4. The van der Waals surface area contributed by atoms with E-state index in [0.29, 0.717) is 27.9 Å². The van der Waals surface area contributed by atoms with Gasteiger partial charge in [0.1, 0.15) is 0 Å². The van der Waals surface area contributed by atoms with Gasteiger partial charge in [-0.05, 0) is 24.6 Å². The molecule has 0 spiro atoms. The monoisotopic (exact) mass is 237 g/mol. The van der Waals surface area contributed by atoms with E-state index in [-0.39, 0.29) is 11.6 Å². The van der Waals surface area contributed by atoms with Gasteiger partial charge in [-0.25, -0.2) is 0 Å². The van der Waals surface area contributed by atoms with Crippen LogP contribution in [0.1, 0.15) is 37.4 Å². The van der Waals surface area contributed by atoms with Crippen molar-refractivity contribution in [3.63, 3.8) is 0 Å². The van der Waals surface area contributed by atoms with E-state index < -0.39 is 0 Å². The van der Waals surface area contributed by atoms with E-state index in [4.69, 9.17) is 5.73 Å². The minimum atomic E-state index is -0.129. The van der Waals surface area contributed by atoms with E-state index in [1.165, 1.54) is 0 Å². The number of fused-ring (bicyclic) bond motifs is 2. The molecule has 2 aromatic rings. The lowest BCUT2D eigenvalue weighted by Crippen LogP contribution is -2.22. The number of hydrogen-bond donors (Lipinski definition) is 1. The quantitative estimate of drug-likeness (QED) is 0.610. The lowest BCUT2D eigenvalue weighted by Gasteiger charge is -2.19. The van der Waals surface area contributed by atoms with E-state index in [1.807, 2.05) is 0 Å². The molecular weight excluding hydrogens is 226 g/mol. The highest BCUT2D eigenvalue weighted by Gasteiger charge is 2.30. The molecule has 0 heterocycles. The molecule has 3 nitrogen and oxygen atoms in total. The second-order valence-corrected chi connectivity index (χ2v) is 4.46. The van der Waals surface area contributed by atoms with E-state index in [0.717, 1.165) is 5.56 Å². The van der Waals surface area contributed by atoms with Crippen molar-refractivity contribution >= 4 is 17.3 Å². The zero-order valence-corrected chi connectivity index (χ0v) is 9.86. The highest BCUT2D eigenvalue weighted by Crippen LogP contribution is 2.30. The molecule has 0 radical (unpaired) electrons. The first kappa shape index (κ1) is 10.7. The zero-order chi connectivity index (χ0) is 12.9. The van der Waals surface area contributed by atoms with E-state index in [9.17, 15) is 9.59 Å². The predicted molar refractivity (Wildman–Crippen MR) is 68.9 cm³/mol. The molecule has 0 aromatic heterocycles. The summed E-state index contributed by atoms with van der Waals surface area (Å²) >= 11 is 0. The topological polar surface area (TPSA) is 60.2 Å². The smallest absolute Gasteiger partial charge is 0.194 e. The van der Waals surface area contributed by atoms with Crippen molar-refractivity contribution in [2.24, 2.45) is 0 Å². The molecule has 1 aliphatic rings. The first-order valence-electron chi connectivity index (χ1n) is 5.68. The first-order chi connectivity index (χ1) is 8.59. The van der Waals surface area contributed by atoms with Gasteiger partial charge in [0.25, 0.3) is 0 Å². The summed E-state index contributed by atoms with van der Waals surface area (Å²) in [4.78, 5) is 24.7. The van der Waals surface area contributed by atoms with Crippen molar-refractivity contribution < 1.29 is 9.59 Å². The number of carbonyl (C=O) groups is 2. The fraction of sp³-hybridized carbons (Fsp3) is 0.0667. The van der Waals surface area contributed by atoms with E-state index in [2.05, 4.69) is 0 Å². The summed E-state index contributed by atoms with van der Waals surface area (Å²) in [7, 11) is 0. The summed E-state index contributed by atoms with van der Waals surface area (Å²) in [5.74, 6) is -0.228. The number of benzene rings is 2. The Bertz CT molecular complexity index is 702. The Hall–Kier alpha value is -2.42. The molecule has 2 N–H and O–H groups in total. The number of nitrogens with two attached hydrogens (primary N) is 1. The van der Waals surface area contributed by atoms with E-state index in [1.54, 1.807) is 43.3 Å². The van der Waals surface area contributed by atoms with Crippen LogP contribution in [0.4, 0.5) is 5.69 Å². The second kappa shape index (κ2) is 3.53. The van der Waals surface area contributed by atoms with Crippen LogP contribution in [-0.2, 0) is 0 Å². The number of aryl methyl sites for hydroxylation is 1. The van der Waals surface area contributed by atoms with Gasteiger partial charge in [0.05, 0.1) is 0 Å². The summed E-state index contributed by atoms with van der Waals surface area (Å²) in [6, 6.07) is 10.2. The Labute approximate surface area is 104 Å². The fourth-order valence-electron chi connectivity index (χ4n) is 2.45. The van der Waals surface area contributed by atoms with Crippen LogP contribution >= 0.6 is 0 Å². The summed E-state index contributed by atoms with van der Waals surface area (Å²) in [5.41, 5.74) is 8.83. The van der Waals surface area contributed by atoms with Gasteiger partial charge in [0, 0.05) is 27.9 Å². The molecule has 0 atom stereocenters. The number of ketones is 2. The lowest BCUT2D eigenvalue weighted by atomic mass is 9.82. The summed E-state index contributed by atoms with van der Waals surface area (Å²) < 4.78 is 0. The molecule has 0 saturated heterocycles. The third-order valence-electron chi connectivity index (χ3n) is 3.25. The van der Waals surface area contributed by atoms with Crippen molar-refractivity contribution in [2.75, 3.05) is 5.73 Å². The molecule has 0 saturated carbocycles. The van der Waals surface area contributed by atoms with Crippen LogP contribution in [0.2, 0.25) is 0 Å². The summed E-state index contributed by atoms with van der Waals surface area (Å²) in [6.07, 6.45) is 0. The third-order valence-corrected chi connectivity index (χ3v) is 3.25. The van der Waals surface area contributed by atoms with Gasteiger partial charge in [-0.2, -0.15) is 0 Å². The molecular formula is C15H11NO2. The Morgan fingerprint density at radius 3 is 2.17 bits per heavy atom. The van der Waals surface area contributed by atoms with Gasteiger partial charge in [0.2, 0.25) is 0 Å². The Morgan fingerprint density at radius 1 is 0.889 bits per heavy atom. The summed E-state index contributed by atoms with van der Waals surface area (Å²) in [5, 5.41) is 0. The van der Waals surface area contributed by atoms with Crippen molar-refractivity contribution in [3.8, 4) is 0 Å². The van der Waals surface area contributed by atoms with Gasteiger partial charge in [-0.15, -0.1) is 0 Å². The number of carbonyl (C=O) groups excluding carboxylic acids is 2. The largest absolute Gasteiger partial charge is 0.399 e. The van der Waals surface area contributed by atoms with E-state index >= 15 is 0 Å². The maximum Gasteiger partial charge on any atom is 0.194 e. The Morgan fingerprint density at radius 2 is 1.50 bits per heavy atom. The molecule has 3 heteroatoms. The average molecular weight is 237 g/mol. The molecule has 1 aliphatic carbocycles. The molecule has 18 heavy (non-hydrogen) atoms. The average Bonchev–Trinajstić information content (AvgIpc) is 2.35. The van der Waals surface area contributed by atoms with Crippen LogP contribution in [0.5, 0.6) is 0 Å². The number of hydrogen-bond acceptors (Lipinski definition) is 3. The van der Waals surface area contributed by atoms with Gasteiger partial charge in [0.15, 0.2) is 11.6 Å². The fourth-order valence-corrected chi connectivity index (χ4v) is 2.45. The maximum atomic E-state index is 12.4. The van der Waals surface area contributed by atoms with Gasteiger partial charge in [-0.1, -0.05) is 24.3 Å². The SMILES string of the molecule is Cc1cc(N)cc2c1C(=O)c1ccccc1C2=O. The summed E-state index contributed by atoms with van der Waals surface area (Å²) in [6.45, 7) is 1.80. The Balaban J connectivity index is 2.37. The molecule has 0 unspecified atom stereocenters. The van der Waals surface area contributed by atoms with Crippen LogP contribution in [0, 0.1) is 6.92 Å². The van der Waals surface area contributed by atoms with Crippen molar-refractivity contribution in [1.82, 2.24) is 0 Å². The van der Waals surface area contributed by atoms with Crippen molar-refractivity contribution in [1.29, 1.82) is 0 Å². The highest BCUT2D eigenvalue weighted by atomic mass is 16.1. The number of nitrogen functional groups attached to an aromatic ring is 1. The minimum Gasteiger partial charge on any atom is -0.399 e. The van der Waals surface area contributed by atoms with Crippen LogP contribution in [0.15, 0.2) is 36.4 Å². The van der Waals surface area contributed by atoms with Gasteiger partial charge in [-0.3, -0.25) is 9.59 Å². The molecule has 0 fully saturated rings. The van der Waals surface area contributed by atoms with Crippen LogP contribution in [0.3, 0.4) is 0 Å². The number of rotatable bonds is 0. The molecule has 2 aromatic carbocycles. The first-order valence-corrected chi connectivity index (χ1v) is 5.68. The third kappa shape index (κ3) is 1.31. The highest BCUT2D eigenvalue weighted by molar-refractivity contribution is 6.29. The van der Waals surface area contributed by atoms with Crippen LogP contribution < -0.4 is 5.73 Å². The predicted octanol–water partition coefficient (Wildman–Crippen LogP) is 2.35. The molecule has 0 amide bonds. The zero-order valence-electron chi connectivity index (χ0n) is 9.86. The van der Waals surface area contributed by atoms with Crippen LogP contribution in [-0.4, -0.2) is 11.6 Å². The normalized spacial score (nSPS) is 13.2. The van der Waals surface area contributed by atoms with Gasteiger partial charge >= 0.3 is 0 Å². The van der Waals surface area contributed by atoms with Crippen molar-refractivity contribution in [3.05, 3.63) is 64.2 Å². The minimum absolute atomic E-state index is 0.0994. The van der Waals surface area contributed by atoms with Gasteiger partial charge < -0.3 is 5.73 Å². The Kier molecular flexibility index (Phi) is 2.10. The van der Waals surface area contributed by atoms with Crippen LogP contribution in [0.25, 0.3) is 0 Å². The standard InChI is InChI=1S/C15H11NO2/c1-8-6-9(16)7-12-13(8)15(18)11-5-3-2-4-10(11)14(12)17/h2-7H,16H2,1H3. The molecule has 88 valence electrons. The molecule has 0 bridgehead atoms. The molecule has 0 aliphatic heterocycles. The number of anilines is 1. The molecule has 3 rings (SSSR count). The van der Waals surface area contributed by atoms with Crippen molar-refractivity contribution in [2.45, 2.75) is 6.92 Å². The lowest BCUT2D eigenvalue weighted by molar-refractivity contribution is 0.0978. The second-order valence-electron chi connectivity index (χ2n) is 4.46.